The molecule has 0 radical (unpaired) electrons. The standard InChI is InChI=1S/C84H78N2O2/c1-50(2)62-27-13-15-29-64(62)58-25-17-26-59(47-58)65-31-19-35-76(82(65)87)85(60-39-37-52(5)54(7)45-60)78-48-74(56-21-9-10-22-56)67-42-44-73-79(49-75(57-23-11-12-24-57)68-41-43-72(78)80(67)81(68)73)86(61-40-38-53(6)55(8)46-61)77-36-20-34-71-70-33-18-32-69(83(70)88-84(71)77)66-30-16-14-28-63(66)51(3)4/h13-20,25-51,56-57,87H,9-12,21-24H2,1-8H3. The molecule has 0 saturated heterocycles. The SMILES string of the molecule is Cc1ccc(N(c2cccc(-c3cccc(-c4ccccc4C(C)C)c3)c2O)c2cc(C3CCCC3)c3ccc4c(N(c5ccc(C)c(C)c5)c5cccc6c5oc5c(-c7ccccc7C(C)C)cccc56)cc(C5CCCC5)c5ccc2c3c54)cc1C. The number of aromatic hydroxyl groups is 1. The van der Waals surface area contributed by atoms with Crippen molar-refractivity contribution in [3.8, 4) is 39.1 Å². The van der Waals surface area contributed by atoms with Gasteiger partial charge >= 0.3 is 0 Å². The van der Waals surface area contributed by atoms with Gasteiger partial charge in [0.2, 0.25) is 0 Å². The predicted octanol–water partition coefficient (Wildman–Crippen LogP) is 24.9. The van der Waals surface area contributed by atoms with Crippen molar-refractivity contribution in [1.29, 1.82) is 0 Å². The Kier molecular flexibility index (Phi) is 14.0. The fourth-order valence-corrected chi connectivity index (χ4v) is 15.6. The lowest BCUT2D eigenvalue weighted by Gasteiger charge is -2.32. The van der Waals surface area contributed by atoms with E-state index in [2.05, 4.69) is 265 Å². The van der Waals surface area contributed by atoms with Gasteiger partial charge in [0.25, 0.3) is 0 Å². The minimum atomic E-state index is 0.258. The van der Waals surface area contributed by atoms with Crippen LogP contribution in [0.25, 0.3) is 87.6 Å². The van der Waals surface area contributed by atoms with Crippen LogP contribution in [0.5, 0.6) is 5.75 Å². The molecule has 1 heterocycles. The summed E-state index contributed by atoms with van der Waals surface area (Å²) in [5.41, 5.74) is 24.8. The maximum atomic E-state index is 13.3. The Bertz CT molecular complexity index is 4850. The number of hydrogen-bond donors (Lipinski definition) is 1. The molecule has 1 N–H and O–H groups in total. The Balaban J connectivity index is 1.01. The summed E-state index contributed by atoms with van der Waals surface area (Å²) < 4.78 is 7.47. The summed E-state index contributed by atoms with van der Waals surface area (Å²) in [5.74, 6) is 1.78. The van der Waals surface area contributed by atoms with Gasteiger partial charge in [-0.3, -0.25) is 0 Å². The largest absolute Gasteiger partial charge is 0.505 e. The molecule has 0 unspecified atom stereocenters. The van der Waals surface area contributed by atoms with Gasteiger partial charge in [0.15, 0.2) is 5.58 Å². The van der Waals surface area contributed by atoms with Crippen LogP contribution in [-0.4, -0.2) is 5.11 Å². The van der Waals surface area contributed by atoms with Crippen LogP contribution in [0.3, 0.4) is 0 Å². The predicted molar refractivity (Wildman–Crippen MR) is 374 cm³/mol. The molecule has 4 nitrogen and oxygen atoms in total. The fraction of sp³-hybridized carbons (Fsp3) is 0.238. The number of anilines is 6. The Hall–Kier alpha value is -9.12. The van der Waals surface area contributed by atoms with Crippen LogP contribution in [0.4, 0.5) is 34.1 Å². The molecule has 12 aromatic carbocycles. The summed E-state index contributed by atoms with van der Waals surface area (Å²) in [6.07, 6.45) is 9.50. The van der Waals surface area contributed by atoms with Gasteiger partial charge in [0, 0.05) is 44.0 Å². The average molecular weight is 1150 g/mol. The molecule has 2 aliphatic carbocycles. The molecule has 4 heteroatoms. The van der Waals surface area contributed by atoms with Crippen molar-refractivity contribution < 1.29 is 9.52 Å². The highest BCUT2D eigenvalue weighted by atomic mass is 16.3. The van der Waals surface area contributed by atoms with Crippen molar-refractivity contribution in [2.75, 3.05) is 9.80 Å². The average Bonchev–Trinajstić information content (AvgIpc) is 0.858. The second-order valence-electron chi connectivity index (χ2n) is 26.4. The molecule has 15 rings (SSSR count). The molecular weight excluding hydrogens is 1070 g/mol. The third kappa shape index (κ3) is 9.24. The highest BCUT2D eigenvalue weighted by Crippen LogP contribution is 2.56. The topological polar surface area (TPSA) is 39.9 Å². The number of aryl methyl sites for hydroxylation is 4. The zero-order valence-corrected chi connectivity index (χ0v) is 52.3. The minimum absolute atomic E-state index is 0.258. The van der Waals surface area contributed by atoms with Crippen LogP contribution in [0.1, 0.15) is 147 Å². The van der Waals surface area contributed by atoms with Crippen molar-refractivity contribution >= 4 is 88.4 Å². The second-order valence-corrected chi connectivity index (χ2v) is 26.4. The first-order valence-corrected chi connectivity index (χ1v) is 32.5. The Morgan fingerprint density at radius 3 is 1.38 bits per heavy atom. The van der Waals surface area contributed by atoms with E-state index in [1.165, 1.54) is 114 Å². The first-order valence-electron chi connectivity index (χ1n) is 32.5. The van der Waals surface area contributed by atoms with Crippen molar-refractivity contribution in [3.05, 3.63) is 245 Å². The van der Waals surface area contributed by atoms with E-state index in [0.29, 0.717) is 23.7 Å². The number of rotatable bonds is 13. The Morgan fingerprint density at radius 1 is 0.364 bits per heavy atom. The van der Waals surface area contributed by atoms with E-state index in [1.807, 2.05) is 0 Å². The summed E-state index contributed by atoms with van der Waals surface area (Å²) in [7, 11) is 0. The summed E-state index contributed by atoms with van der Waals surface area (Å²) in [4.78, 5) is 4.94. The number of furan rings is 1. The number of nitrogens with zero attached hydrogens (tertiary/aromatic N) is 2. The molecule has 0 amide bonds. The van der Waals surface area contributed by atoms with Crippen LogP contribution in [-0.2, 0) is 0 Å². The lowest BCUT2D eigenvalue weighted by Crippen LogP contribution is -2.14. The quantitative estimate of drug-likeness (QED) is 0.117. The lowest BCUT2D eigenvalue weighted by atomic mass is 9.82. The van der Waals surface area contributed by atoms with Crippen LogP contribution in [0.2, 0.25) is 0 Å². The van der Waals surface area contributed by atoms with E-state index in [1.54, 1.807) is 0 Å². The van der Waals surface area contributed by atoms with Crippen LogP contribution in [0, 0.1) is 27.7 Å². The van der Waals surface area contributed by atoms with Crippen LogP contribution >= 0.6 is 0 Å². The number of phenolic OH excluding ortho intramolecular Hbond substituents is 1. The third-order valence-corrected chi connectivity index (χ3v) is 20.4. The van der Waals surface area contributed by atoms with Gasteiger partial charge < -0.3 is 19.3 Å². The van der Waals surface area contributed by atoms with Crippen molar-refractivity contribution in [2.24, 2.45) is 0 Å². The lowest BCUT2D eigenvalue weighted by molar-refractivity contribution is 0.478. The molecule has 13 aromatic rings. The number of benzene rings is 12. The van der Waals surface area contributed by atoms with Crippen LogP contribution < -0.4 is 9.80 Å². The van der Waals surface area contributed by atoms with E-state index in [9.17, 15) is 5.11 Å². The van der Waals surface area contributed by atoms with Gasteiger partial charge in [-0.2, -0.15) is 0 Å². The maximum absolute atomic E-state index is 13.3. The molecule has 0 aliphatic heterocycles. The molecule has 2 aliphatic rings. The Morgan fingerprint density at radius 2 is 0.807 bits per heavy atom. The van der Waals surface area contributed by atoms with Gasteiger partial charge in [-0.15, -0.1) is 0 Å². The van der Waals surface area contributed by atoms with Crippen LogP contribution in [0.15, 0.2) is 205 Å². The number of fused-ring (bicyclic) bond motifs is 3. The Labute approximate surface area is 519 Å². The zero-order chi connectivity index (χ0) is 60.1. The number of hydrogen-bond acceptors (Lipinski definition) is 4. The molecule has 0 bridgehead atoms. The zero-order valence-electron chi connectivity index (χ0n) is 52.3. The minimum Gasteiger partial charge on any atom is -0.505 e. The second kappa shape index (κ2) is 22.2. The summed E-state index contributed by atoms with van der Waals surface area (Å²) >= 11 is 0. The normalized spacial score (nSPS) is 14.2. The summed E-state index contributed by atoms with van der Waals surface area (Å²) in [6.45, 7) is 18.0. The van der Waals surface area contributed by atoms with Gasteiger partial charge in [-0.25, -0.2) is 0 Å². The van der Waals surface area contributed by atoms with Crippen molar-refractivity contribution in [1.82, 2.24) is 0 Å². The van der Waals surface area contributed by atoms with Gasteiger partial charge in [0.1, 0.15) is 11.3 Å². The first-order chi connectivity index (χ1) is 42.9. The van der Waals surface area contributed by atoms with E-state index in [0.717, 1.165) is 104 Å². The molecule has 2 fully saturated rings. The molecule has 0 atom stereocenters. The van der Waals surface area contributed by atoms with Gasteiger partial charge in [-0.05, 0) is 220 Å². The fourth-order valence-electron chi connectivity index (χ4n) is 15.6. The highest BCUT2D eigenvalue weighted by Gasteiger charge is 2.32. The van der Waals surface area contributed by atoms with Gasteiger partial charge in [0.05, 0.1) is 22.7 Å². The smallest absolute Gasteiger partial charge is 0.159 e. The number of phenols is 1. The highest BCUT2D eigenvalue weighted by molar-refractivity contribution is 6.30. The first kappa shape index (κ1) is 55.5. The van der Waals surface area contributed by atoms with E-state index < -0.39 is 0 Å². The molecule has 2 saturated carbocycles. The van der Waals surface area contributed by atoms with Crippen molar-refractivity contribution in [2.45, 2.75) is 130 Å². The monoisotopic (exact) mass is 1150 g/mol. The molecule has 0 spiro atoms. The molecule has 1 aromatic heterocycles. The summed E-state index contributed by atoms with van der Waals surface area (Å²) in [5, 5.41) is 23.2. The molecule has 88 heavy (non-hydrogen) atoms. The van der Waals surface area contributed by atoms with Gasteiger partial charge in [-0.1, -0.05) is 199 Å². The molecular formula is C84H78N2O2. The summed E-state index contributed by atoms with van der Waals surface area (Å²) in [6, 6.07) is 74.9. The van der Waals surface area contributed by atoms with Crippen molar-refractivity contribution in [3.63, 3.8) is 0 Å². The van der Waals surface area contributed by atoms with E-state index in [4.69, 9.17) is 4.42 Å². The maximum Gasteiger partial charge on any atom is 0.159 e. The third-order valence-electron chi connectivity index (χ3n) is 20.4. The van der Waals surface area contributed by atoms with E-state index >= 15 is 0 Å². The van der Waals surface area contributed by atoms with E-state index in [-0.39, 0.29) is 5.75 Å². The number of para-hydroxylation sites is 3. The molecule has 436 valence electrons.